The normalized spacial score (nSPS) is 16.5. The minimum atomic E-state index is -0.478. The maximum Gasteiger partial charge on any atom is 0.414 e. The van der Waals surface area contributed by atoms with Gasteiger partial charge in [-0.15, -0.1) is 0 Å². The maximum absolute atomic E-state index is 12.9. The molecule has 2 amide bonds. The summed E-state index contributed by atoms with van der Waals surface area (Å²) in [6.45, 7) is 0.484. The number of rotatable bonds is 5. The van der Waals surface area contributed by atoms with Gasteiger partial charge in [0.05, 0.1) is 25.9 Å². The van der Waals surface area contributed by atoms with E-state index in [4.69, 9.17) is 9.47 Å². The van der Waals surface area contributed by atoms with Crippen LogP contribution in [0.15, 0.2) is 48.5 Å². The molecule has 0 spiro atoms. The molecule has 1 fully saturated rings. The van der Waals surface area contributed by atoms with E-state index in [1.54, 1.807) is 31.4 Å². The van der Waals surface area contributed by atoms with Gasteiger partial charge in [0.1, 0.15) is 17.7 Å². The van der Waals surface area contributed by atoms with Crippen LogP contribution in [0, 0.1) is 5.82 Å². The number of nitrogens with one attached hydrogen (secondary N) is 1. The Morgan fingerprint density at radius 3 is 2.80 bits per heavy atom. The molecule has 1 atom stereocenters. The number of nitrogens with zero attached hydrogens (tertiary/aromatic N) is 1. The van der Waals surface area contributed by atoms with Crippen molar-refractivity contribution in [3.63, 3.8) is 0 Å². The van der Waals surface area contributed by atoms with Crippen molar-refractivity contribution in [1.82, 2.24) is 5.32 Å². The molecule has 25 heavy (non-hydrogen) atoms. The number of amides is 2. The number of halogens is 1. The van der Waals surface area contributed by atoms with Crippen LogP contribution >= 0.6 is 0 Å². The van der Waals surface area contributed by atoms with Crippen molar-refractivity contribution < 1.29 is 23.5 Å². The van der Waals surface area contributed by atoms with E-state index < -0.39 is 18.0 Å². The van der Waals surface area contributed by atoms with Gasteiger partial charge >= 0.3 is 6.09 Å². The predicted molar refractivity (Wildman–Crippen MR) is 89.3 cm³/mol. The lowest BCUT2D eigenvalue weighted by Crippen LogP contribution is -2.34. The average molecular weight is 344 g/mol. The zero-order chi connectivity index (χ0) is 17.8. The molecular weight excluding hydrogens is 327 g/mol. The fourth-order valence-electron chi connectivity index (χ4n) is 2.53. The zero-order valence-corrected chi connectivity index (χ0v) is 13.6. The van der Waals surface area contributed by atoms with Crippen LogP contribution in [0.1, 0.15) is 10.4 Å². The van der Waals surface area contributed by atoms with Crippen molar-refractivity contribution in [2.75, 3.05) is 25.1 Å². The highest BCUT2D eigenvalue weighted by molar-refractivity contribution is 5.94. The van der Waals surface area contributed by atoms with Crippen LogP contribution in [0.5, 0.6) is 5.75 Å². The highest BCUT2D eigenvalue weighted by Gasteiger charge is 2.32. The lowest BCUT2D eigenvalue weighted by Gasteiger charge is -2.14. The Kier molecular flexibility index (Phi) is 4.83. The molecule has 0 aliphatic carbocycles. The lowest BCUT2D eigenvalue weighted by molar-refractivity contribution is 0.0916. The zero-order valence-electron chi connectivity index (χ0n) is 13.6. The fraction of sp³-hybridized carbons (Fsp3) is 0.222. The van der Waals surface area contributed by atoms with Gasteiger partial charge in [-0.05, 0) is 36.4 Å². The van der Waals surface area contributed by atoms with Gasteiger partial charge in [-0.2, -0.15) is 0 Å². The van der Waals surface area contributed by atoms with Crippen LogP contribution in [0.25, 0.3) is 0 Å². The molecule has 0 saturated carbocycles. The summed E-state index contributed by atoms with van der Waals surface area (Å²) in [6.07, 6.45) is -0.947. The Morgan fingerprint density at radius 1 is 1.32 bits per heavy atom. The van der Waals surface area contributed by atoms with Gasteiger partial charge in [0.25, 0.3) is 5.91 Å². The molecule has 0 bridgehead atoms. The highest BCUT2D eigenvalue weighted by atomic mass is 19.1. The molecule has 0 aromatic heterocycles. The summed E-state index contributed by atoms with van der Waals surface area (Å²) >= 11 is 0. The van der Waals surface area contributed by atoms with Gasteiger partial charge in [-0.3, -0.25) is 9.69 Å². The topological polar surface area (TPSA) is 67.9 Å². The second kappa shape index (κ2) is 7.21. The second-order valence-corrected chi connectivity index (χ2v) is 5.53. The molecule has 1 heterocycles. The van der Waals surface area contributed by atoms with Crippen molar-refractivity contribution in [1.29, 1.82) is 0 Å². The molecular formula is C18H17FN2O4. The number of hydrogen-bond donors (Lipinski definition) is 1. The first-order chi connectivity index (χ1) is 12.1. The van der Waals surface area contributed by atoms with Gasteiger partial charge in [-0.1, -0.05) is 6.07 Å². The van der Waals surface area contributed by atoms with Crippen molar-refractivity contribution in [3.8, 4) is 5.75 Å². The van der Waals surface area contributed by atoms with Gasteiger partial charge in [0.15, 0.2) is 0 Å². The third kappa shape index (κ3) is 3.88. The van der Waals surface area contributed by atoms with Crippen LogP contribution < -0.4 is 15.0 Å². The van der Waals surface area contributed by atoms with E-state index in [-0.39, 0.29) is 12.5 Å². The number of benzene rings is 2. The van der Waals surface area contributed by atoms with Crippen molar-refractivity contribution in [2.45, 2.75) is 6.10 Å². The summed E-state index contributed by atoms with van der Waals surface area (Å²) in [5.41, 5.74) is 1.01. The number of carbonyl (C=O) groups is 2. The Hall–Kier alpha value is -3.09. The van der Waals surface area contributed by atoms with Crippen molar-refractivity contribution in [2.24, 2.45) is 0 Å². The molecule has 2 aromatic rings. The molecule has 7 heteroatoms. The number of carbonyl (C=O) groups excluding carboxylic acids is 2. The van der Waals surface area contributed by atoms with Gasteiger partial charge in [0, 0.05) is 11.6 Å². The fourth-order valence-corrected chi connectivity index (χ4v) is 2.53. The highest BCUT2D eigenvalue weighted by Crippen LogP contribution is 2.25. The summed E-state index contributed by atoms with van der Waals surface area (Å²) in [4.78, 5) is 25.6. The Labute approximate surface area is 144 Å². The Balaban J connectivity index is 1.59. The lowest BCUT2D eigenvalue weighted by atomic mass is 10.2. The first-order valence-electron chi connectivity index (χ1n) is 7.73. The van der Waals surface area contributed by atoms with Crippen LogP contribution in [-0.2, 0) is 4.74 Å². The summed E-state index contributed by atoms with van der Waals surface area (Å²) in [5.74, 6) is -0.121. The maximum atomic E-state index is 12.9. The van der Waals surface area contributed by atoms with E-state index in [1.807, 2.05) is 0 Å². The van der Waals surface area contributed by atoms with Crippen LogP contribution in [0.2, 0.25) is 0 Å². The molecule has 2 aromatic carbocycles. The molecule has 0 radical (unpaired) electrons. The molecule has 130 valence electrons. The summed E-state index contributed by atoms with van der Waals surface area (Å²) in [7, 11) is 1.55. The molecule has 1 aliphatic heterocycles. The molecule has 1 aliphatic rings. The number of ether oxygens (including phenoxy) is 2. The number of hydrogen-bond acceptors (Lipinski definition) is 4. The Morgan fingerprint density at radius 2 is 2.08 bits per heavy atom. The van der Waals surface area contributed by atoms with Gasteiger partial charge in [0.2, 0.25) is 0 Å². The van der Waals surface area contributed by atoms with Crippen LogP contribution in [0.3, 0.4) is 0 Å². The summed E-state index contributed by atoms with van der Waals surface area (Å²) in [5, 5.41) is 2.69. The minimum absolute atomic E-state index is 0.169. The largest absolute Gasteiger partial charge is 0.497 e. The van der Waals surface area contributed by atoms with E-state index in [0.717, 1.165) is 0 Å². The molecule has 6 nitrogen and oxygen atoms in total. The third-order valence-corrected chi connectivity index (χ3v) is 3.84. The first kappa shape index (κ1) is 16.8. The van der Waals surface area contributed by atoms with Crippen LogP contribution in [-0.4, -0.2) is 38.3 Å². The molecule has 1 saturated heterocycles. The van der Waals surface area contributed by atoms with E-state index in [2.05, 4.69) is 5.32 Å². The van der Waals surface area contributed by atoms with Crippen molar-refractivity contribution >= 4 is 17.7 Å². The van der Waals surface area contributed by atoms with Crippen LogP contribution in [0.4, 0.5) is 14.9 Å². The smallest absolute Gasteiger partial charge is 0.414 e. The van der Waals surface area contributed by atoms with E-state index in [9.17, 15) is 14.0 Å². The second-order valence-electron chi connectivity index (χ2n) is 5.53. The SMILES string of the molecule is COc1cccc(N2CC(CNC(=O)c3ccc(F)cc3)OC2=O)c1. The first-order valence-corrected chi connectivity index (χ1v) is 7.73. The van der Waals surface area contributed by atoms with Gasteiger partial charge < -0.3 is 14.8 Å². The van der Waals surface area contributed by atoms with E-state index >= 15 is 0 Å². The van der Waals surface area contributed by atoms with E-state index in [1.165, 1.54) is 29.2 Å². The van der Waals surface area contributed by atoms with E-state index in [0.29, 0.717) is 23.5 Å². The number of cyclic esters (lactones) is 1. The quantitative estimate of drug-likeness (QED) is 0.905. The summed E-state index contributed by atoms with van der Waals surface area (Å²) < 4.78 is 23.3. The minimum Gasteiger partial charge on any atom is -0.497 e. The van der Waals surface area contributed by atoms with Crippen molar-refractivity contribution in [3.05, 3.63) is 59.9 Å². The number of methoxy groups -OCH3 is 1. The van der Waals surface area contributed by atoms with Gasteiger partial charge in [-0.25, -0.2) is 9.18 Å². The third-order valence-electron chi connectivity index (χ3n) is 3.84. The standard InChI is InChI=1S/C18H17FN2O4/c1-24-15-4-2-3-14(9-15)21-11-16(25-18(21)23)10-20-17(22)12-5-7-13(19)8-6-12/h2-9,16H,10-11H2,1H3,(H,20,22). The molecule has 1 unspecified atom stereocenters. The Bertz CT molecular complexity index is 779. The molecule has 1 N–H and O–H groups in total. The summed E-state index contributed by atoms with van der Waals surface area (Å²) in [6, 6.07) is 12.3. The predicted octanol–water partition coefficient (Wildman–Crippen LogP) is 2.59. The monoisotopic (exact) mass is 344 g/mol. The molecule has 3 rings (SSSR count). The number of anilines is 1. The average Bonchev–Trinajstić information content (AvgIpc) is 3.01.